The molecule has 0 aliphatic carbocycles. The molecule has 74 valence electrons. The molecule has 1 heterocycles. The van der Waals surface area contributed by atoms with Crippen molar-refractivity contribution in [1.82, 2.24) is 0 Å². The van der Waals surface area contributed by atoms with Crippen LogP contribution in [0.15, 0.2) is 23.0 Å². The highest BCUT2D eigenvalue weighted by molar-refractivity contribution is 5.39. The number of nitrogens with one attached hydrogen (secondary N) is 1. The van der Waals surface area contributed by atoms with Gasteiger partial charge in [-0.2, -0.15) is 0 Å². The van der Waals surface area contributed by atoms with Crippen molar-refractivity contribution < 1.29 is 4.42 Å². The second-order valence-electron chi connectivity index (χ2n) is 3.43. The maximum absolute atomic E-state index is 5.01. The molecule has 13 heavy (non-hydrogen) atoms. The van der Waals surface area contributed by atoms with E-state index in [1.165, 1.54) is 25.7 Å². The lowest BCUT2D eigenvalue weighted by Crippen LogP contribution is -2.18. The smallest absolute Gasteiger partial charge is 0.113 e. The van der Waals surface area contributed by atoms with Crippen LogP contribution < -0.4 is 5.32 Å². The molecule has 0 atom stereocenters. The molecule has 1 N–H and O–H groups in total. The largest absolute Gasteiger partial charge is 0.470 e. The van der Waals surface area contributed by atoms with Crippen molar-refractivity contribution in [2.24, 2.45) is 0 Å². The quantitative estimate of drug-likeness (QED) is 0.724. The Labute approximate surface area is 80.3 Å². The van der Waals surface area contributed by atoms with Crippen LogP contribution in [0.1, 0.15) is 39.5 Å². The summed E-state index contributed by atoms with van der Waals surface area (Å²) in [6, 6.07) is 2.57. The Hall–Kier alpha value is -0.920. The number of furan rings is 1. The van der Waals surface area contributed by atoms with Crippen molar-refractivity contribution >= 4 is 5.69 Å². The fraction of sp³-hybridized carbons (Fsp3) is 0.636. The molecule has 0 aromatic carbocycles. The summed E-state index contributed by atoms with van der Waals surface area (Å²) in [5.74, 6) is 0. The molecule has 0 amide bonds. The third kappa shape index (κ3) is 3.53. The van der Waals surface area contributed by atoms with Crippen LogP contribution in [0.3, 0.4) is 0 Å². The zero-order valence-corrected chi connectivity index (χ0v) is 8.55. The second kappa shape index (κ2) is 5.68. The molecule has 0 aliphatic heterocycles. The van der Waals surface area contributed by atoms with Crippen LogP contribution in [0.2, 0.25) is 0 Å². The van der Waals surface area contributed by atoms with E-state index in [0.29, 0.717) is 6.04 Å². The zero-order valence-electron chi connectivity index (χ0n) is 8.55. The molecule has 0 fully saturated rings. The Morgan fingerprint density at radius 1 is 1.31 bits per heavy atom. The molecule has 1 aromatic rings. The molecule has 0 spiro atoms. The van der Waals surface area contributed by atoms with Gasteiger partial charge in [-0.3, -0.25) is 0 Å². The van der Waals surface area contributed by atoms with Gasteiger partial charge in [0, 0.05) is 6.04 Å². The molecule has 1 aromatic heterocycles. The Kier molecular flexibility index (Phi) is 4.44. The van der Waals surface area contributed by atoms with Gasteiger partial charge in [0.2, 0.25) is 0 Å². The van der Waals surface area contributed by atoms with E-state index in [9.17, 15) is 0 Å². The Morgan fingerprint density at radius 2 is 2.00 bits per heavy atom. The van der Waals surface area contributed by atoms with Crippen molar-refractivity contribution in [3.63, 3.8) is 0 Å². The molecule has 0 unspecified atom stereocenters. The zero-order chi connectivity index (χ0) is 9.52. The van der Waals surface area contributed by atoms with Gasteiger partial charge < -0.3 is 9.73 Å². The third-order valence-corrected chi connectivity index (χ3v) is 2.17. The highest BCUT2D eigenvalue weighted by Crippen LogP contribution is 2.14. The van der Waals surface area contributed by atoms with Gasteiger partial charge in [0.05, 0.1) is 12.0 Å². The van der Waals surface area contributed by atoms with E-state index >= 15 is 0 Å². The van der Waals surface area contributed by atoms with Gasteiger partial charge in [-0.1, -0.05) is 26.7 Å². The predicted octanol–water partition coefficient (Wildman–Crippen LogP) is 3.66. The average Bonchev–Trinajstić information content (AvgIpc) is 2.58. The Morgan fingerprint density at radius 3 is 2.46 bits per heavy atom. The van der Waals surface area contributed by atoms with Crippen LogP contribution in [0.4, 0.5) is 5.69 Å². The predicted molar refractivity (Wildman–Crippen MR) is 55.9 cm³/mol. The third-order valence-electron chi connectivity index (χ3n) is 2.17. The van der Waals surface area contributed by atoms with Crippen LogP contribution in [0.25, 0.3) is 0 Å². The van der Waals surface area contributed by atoms with Crippen LogP contribution in [-0.2, 0) is 0 Å². The summed E-state index contributed by atoms with van der Waals surface area (Å²) >= 11 is 0. The van der Waals surface area contributed by atoms with Gasteiger partial charge in [0.25, 0.3) is 0 Å². The lowest BCUT2D eigenvalue weighted by atomic mass is 10.1. The van der Waals surface area contributed by atoms with Crippen LogP contribution in [0, 0.1) is 0 Å². The van der Waals surface area contributed by atoms with E-state index in [0.717, 1.165) is 5.69 Å². The van der Waals surface area contributed by atoms with Crippen molar-refractivity contribution in [2.75, 3.05) is 5.32 Å². The first kappa shape index (κ1) is 10.2. The summed E-state index contributed by atoms with van der Waals surface area (Å²) in [4.78, 5) is 0. The summed E-state index contributed by atoms with van der Waals surface area (Å²) in [5.41, 5.74) is 1.10. The standard InChI is InChI=1S/C11H19NO/c1-3-5-10(6-4-2)12-11-7-8-13-9-11/h7-10,12H,3-6H2,1-2H3. The van der Waals surface area contributed by atoms with Gasteiger partial charge >= 0.3 is 0 Å². The summed E-state index contributed by atoms with van der Waals surface area (Å²) in [7, 11) is 0. The van der Waals surface area contributed by atoms with E-state index in [1.54, 1.807) is 12.5 Å². The fourth-order valence-electron chi connectivity index (χ4n) is 1.57. The maximum Gasteiger partial charge on any atom is 0.113 e. The van der Waals surface area contributed by atoms with E-state index in [-0.39, 0.29) is 0 Å². The van der Waals surface area contributed by atoms with E-state index in [1.807, 2.05) is 6.07 Å². The van der Waals surface area contributed by atoms with Gasteiger partial charge in [0.1, 0.15) is 6.26 Å². The maximum atomic E-state index is 5.01. The highest BCUT2D eigenvalue weighted by Gasteiger charge is 2.06. The topological polar surface area (TPSA) is 25.2 Å². The number of hydrogen-bond acceptors (Lipinski definition) is 2. The monoisotopic (exact) mass is 181 g/mol. The van der Waals surface area contributed by atoms with Crippen LogP contribution in [-0.4, -0.2) is 6.04 Å². The van der Waals surface area contributed by atoms with Crippen molar-refractivity contribution in [1.29, 1.82) is 0 Å². The minimum Gasteiger partial charge on any atom is -0.470 e. The molecular weight excluding hydrogens is 162 g/mol. The van der Waals surface area contributed by atoms with E-state index < -0.39 is 0 Å². The Bertz CT molecular complexity index is 200. The van der Waals surface area contributed by atoms with Gasteiger partial charge in [-0.15, -0.1) is 0 Å². The second-order valence-corrected chi connectivity index (χ2v) is 3.43. The minimum atomic E-state index is 0.604. The number of anilines is 1. The van der Waals surface area contributed by atoms with Crippen molar-refractivity contribution in [2.45, 2.75) is 45.6 Å². The van der Waals surface area contributed by atoms with E-state index in [2.05, 4.69) is 19.2 Å². The molecule has 0 saturated heterocycles. The van der Waals surface area contributed by atoms with Crippen LogP contribution >= 0.6 is 0 Å². The highest BCUT2D eigenvalue weighted by atomic mass is 16.3. The van der Waals surface area contributed by atoms with E-state index in [4.69, 9.17) is 4.42 Å². The average molecular weight is 181 g/mol. The molecule has 1 rings (SSSR count). The molecular formula is C11H19NO. The molecule has 0 saturated carbocycles. The summed E-state index contributed by atoms with van der Waals surface area (Å²) in [6.07, 6.45) is 8.40. The first-order valence-corrected chi connectivity index (χ1v) is 5.15. The van der Waals surface area contributed by atoms with Crippen molar-refractivity contribution in [3.8, 4) is 0 Å². The summed E-state index contributed by atoms with van der Waals surface area (Å²) in [6.45, 7) is 4.44. The molecule has 0 radical (unpaired) electrons. The summed E-state index contributed by atoms with van der Waals surface area (Å²) < 4.78 is 5.01. The first-order valence-electron chi connectivity index (χ1n) is 5.15. The first-order chi connectivity index (χ1) is 6.36. The molecule has 2 heteroatoms. The number of rotatable bonds is 6. The lowest BCUT2D eigenvalue weighted by Gasteiger charge is -2.16. The fourth-order valence-corrected chi connectivity index (χ4v) is 1.57. The van der Waals surface area contributed by atoms with Gasteiger partial charge in [-0.05, 0) is 18.9 Å². The molecule has 0 aliphatic rings. The molecule has 2 nitrogen and oxygen atoms in total. The van der Waals surface area contributed by atoms with Gasteiger partial charge in [-0.25, -0.2) is 0 Å². The van der Waals surface area contributed by atoms with Gasteiger partial charge in [0.15, 0.2) is 0 Å². The minimum absolute atomic E-state index is 0.604. The lowest BCUT2D eigenvalue weighted by molar-refractivity contribution is 0.562. The normalized spacial score (nSPS) is 10.7. The summed E-state index contributed by atoms with van der Waals surface area (Å²) in [5, 5.41) is 3.47. The van der Waals surface area contributed by atoms with Crippen molar-refractivity contribution in [3.05, 3.63) is 18.6 Å². The Balaban J connectivity index is 2.37. The molecule has 0 bridgehead atoms. The number of hydrogen-bond donors (Lipinski definition) is 1. The van der Waals surface area contributed by atoms with Crippen LogP contribution in [0.5, 0.6) is 0 Å². The SMILES string of the molecule is CCCC(CCC)Nc1ccoc1.